The van der Waals surface area contributed by atoms with Crippen molar-refractivity contribution in [3.8, 4) is 0 Å². The summed E-state index contributed by atoms with van der Waals surface area (Å²) >= 11 is -2.13. The maximum absolute atomic E-state index is 12.0. The lowest BCUT2D eigenvalue weighted by Gasteiger charge is -2.29. The van der Waals surface area contributed by atoms with E-state index in [1.54, 1.807) is 12.2 Å². The molecule has 0 saturated carbocycles. The standard InChI is InChI=1S/C12H22O4S2Si/c1-5-7-17(13)10-12(11-18(14)8-6-2)9-15-19(3,4)16-12/h5-6H,1-2,7-11H2,3-4H3. The second-order valence-electron chi connectivity index (χ2n) is 5.05. The molecule has 0 aromatic rings. The van der Waals surface area contributed by atoms with Gasteiger partial charge >= 0.3 is 8.56 Å². The molecule has 0 amide bonds. The summed E-state index contributed by atoms with van der Waals surface area (Å²) in [5.41, 5.74) is -0.683. The van der Waals surface area contributed by atoms with Crippen molar-refractivity contribution in [3.63, 3.8) is 0 Å². The van der Waals surface area contributed by atoms with Crippen molar-refractivity contribution in [3.05, 3.63) is 25.3 Å². The number of hydrogen-bond donors (Lipinski definition) is 0. The fourth-order valence-corrected chi connectivity index (χ4v) is 6.71. The Kier molecular flexibility index (Phi) is 6.65. The quantitative estimate of drug-likeness (QED) is 0.384. The van der Waals surface area contributed by atoms with Crippen molar-refractivity contribution < 1.29 is 18.0 Å². The van der Waals surface area contributed by atoms with Gasteiger partial charge in [0.1, 0.15) is 23.0 Å². The summed E-state index contributed by atoms with van der Waals surface area (Å²) < 4.78 is 35.7. The Morgan fingerprint density at radius 1 is 1.16 bits per heavy atom. The molecule has 2 atom stereocenters. The van der Waals surface area contributed by atoms with Crippen LogP contribution in [0.5, 0.6) is 0 Å². The van der Waals surface area contributed by atoms with Crippen molar-refractivity contribution >= 4 is 30.9 Å². The van der Waals surface area contributed by atoms with E-state index in [1.807, 2.05) is 13.1 Å². The summed E-state index contributed by atoms with van der Waals surface area (Å²) in [4.78, 5) is 0. The molecule has 1 aliphatic rings. The fourth-order valence-electron chi connectivity index (χ4n) is 2.04. The van der Waals surface area contributed by atoms with E-state index >= 15 is 0 Å². The van der Waals surface area contributed by atoms with Crippen LogP contribution in [0.15, 0.2) is 25.3 Å². The smallest absolute Gasteiger partial charge is 0.332 e. The normalized spacial score (nSPS) is 28.8. The summed E-state index contributed by atoms with van der Waals surface area (Å²) in [6.45, 7) is 11.4. The first-order chi connectivity index (χ1) is 8.82. The van der Waals surface area contributed by atoms with Crippen molar-refractivity contribution in [1.82, 2.24) is 0 Å². The molecule has 0 N–H and O–H groups in total. The first-order valence-corrected chi connectivity index (χ1v) is 11.9. The summed E-state index contributed by atoms with van der Waals surface area (Å²) in [7, 11) is -2.18. The minimum Gasteiger partial charge on any atom is -0.616 e. The lowest BCUT2D eigenvalue weighted by molar-refractivity contribution is 0.139. The molecule has 7 heteroatoms. The van der Waals surface area contributed by atoms with Crippen LogP contribution in [-0.4, -0.2) is 52.9 Å². The van der Waals surface area contributed by atoms with E-state index in [0.717, 1.165) is 0 Å². The van der Waals surface area contributed by atoms with Crippen LogP contribution in [0.25, 0.3) is 0 Å². The van der Waals surface area contributed by atoms with Gasteiger partial charge in [0.2, 0.25) is 0 Å². The zero-order valence-corrected chi connectivity index (χ0v) is 14.2. The molecule has 110 valence electrons. The van der Waals surface area contributed by atoms with Crippen LogP contribution in [-0.2, 0) is 31.2 Å². The summed E-state index contributed by atoms with van der Waals surface area (Å²) in [5.74, 6) is 1.53. The molecule has 1 fully saturated rings. The van der Waals surface area contributed by atoms with Gasteiger partial charge in [-0.15, -0.1) is 0 Å². The van der Waals surface area contributed by atoms with E-state index in [4.69, 9.17) is 8.85 Å². The first-order valence-electron chi connectivity index (χ1n) is 6.08. The third-order valence-electron chi connectivity index (χ3n) is 2.60. The molecule has 1 rings (SSSR count). The van der Waals surface area contributed by atoms with Crippen LogP contribution >= 0.6 is 0 Å². The molecule has 0 bridgehead atoms. The van der Waals surface area contributed by atoms with Crippen LogP contribution in [0.1, 0.15) is 0 Å². The molecule has 2 unspecified atom stereocenters. The summed E-state index contributed by atoms with van der Waals surface area (Å²) in [6, 6.07) is 0. The second kappa shape index (κ2) is 7.30. The minimum absolute atomic E-state index is 0.346. The Bertz CT molecular complexity index is 307. The molecule has 0 aromatic carbocycles. The average Bonchev–Trinajstić information content (AvgIpc) is 2.54. The summed E-state index contributed by atoms with van der Waals surface area (Å²) in [5, 5.41) is 0. The van der Waals surface area contributed by atoms with E-state index in [-0.39, 0.29) is 0 Å². The zero-order valence-electron chi connectivity index (χ0n) is 11.6. The van der Waals surface area contributed by atoms with Gasteiger partial charge in [0.15, 0.2) is 5.60 Å². The van der Waals surface area contributed by atoms with Gasteiger partial charge in [-0.3, -0.25) is 0 Å². The van der Waals surface area contributed by atoms with Gasteiger partial charge in [0.25, 0.3) is 0 Å². The van der Waals surface area contributed by atoms with Crippen LogP contribution in [0.3, 0.4) is 0 Å². The Hall–Kier alpha value is 0.237. The SMILES string of the molecule is C=CC[S+]([O-])CC1(C[S+]([O-])CC=C)CO[Si](C)(C)O1. The molecule has 1 saturated heterocycles. The first kappa shape index (κ1) is 17.3. The number of hydrogen-bond acceptors (Lipinski definition) is 4. The molecule has 19 heavy (non-hydrogen) atoms. The maximum Gasteiger partial charge on any atom is 0.332 e. The van der Waals surface area contributed by atoms with Crippen LogP contribution in [0.2, 0.25) is 13.1 Å². The predicted octanol–water partition coefficient (Wildman–Crippen LogP) is 1.34. The Morgan fingerprint density at radius 2 is 1.63 bits per heavy atom. The minimum atomic E-state index is -2.18. The van der Waals surface area contributed by atoms with E-state index < -0.39 is 36.5 Å². The third-order valence-corrected chi connectivity index (χ3v) is 7.28. The average molecular weight is 323 g/mol. The predicted molar refractivity (Wildman–Crippen MR) is 83.4 cm³/mol. The van der Waals surface area contributed by atoms with Gasteiger partial charge in [0.05, 0.1) is 6.61 Å². The van der Waals surface area contributed by atoms with Gasteiger partial charge in [-0.1, -0.05) is 13.2 Å². The van der Waals surface area contributed by atoms with Crippen molar-refractivity contribution in [1.29, 1.82) is 0 Å². The Labute approximate surface area is 122 Å². The van der Waals surface area contributed by atoms with E-state index in [9.17, 15) is 9.11 Å². The molecule has 0 aliphatic carbocycles. The van der Waals surface area contributed by atoms with Gasteiger partial charge in [-0.2, -0.15) is 0 Å². The van der Waals surface area contributed by atoms with Gasteiger partial charge in [0, 0.05) is 0 Å². The van der Waals surface area contributed by atoms with Crippen LogP contribution in [0, 0.1) is 0 Å². The van der Waals surface area contributed by atoms with Crippen LogP contribution in [0.4, 0.5) is 0 Å². The van der Waals surface area contributed by atoms with Crippen LogP contribution < -0.4 is 0 Å². The fraction of sp³-hybridized carbons (Fsp3) is 0.667. The highest BCUT2D eigenvalue weighted by Crippen LogP contribution is 2.31. The Morgan fingerprint density at radius 3 is 1.95 bits per heavy atom. The van der Waals surface area contributed by atoms with E-state index in [1.165, 1.54) is 0 Å². The van der Waals surface area contributed by atoms with Crippen molar-refractivity contribution in [2.45, 2.75) is 18.7 Å². The highest BCUT2D eigenvalue weighted by molar-refractivity contribution is 7.92. The van der Waals surface area contributed by atoms with E-state index in [0.29, 0.717) is 29.6 Å². The molecule has 1 heterocycles. The summed E-state index contributed by atoms with van der Waals surface area (Å²) in [6.07, 6.45) is 3.26. The van der Waals surface area contributed by atoms with Gasteiger partial charge < -0.3 is 18.0 Å². The van der Waals surface area contributed by atoms with Gasteiger partial charge in [-0.25, -0.2) is 0 Å². The molecular weight excluding hydrogens is 300 g/mol. The largest absolute Gasteiger partial charge is 0.616 e. The highest BCUT2D eigenvalue weighted by Gasteiger charge is 2.52. The van der Waals surface area contributed by atoms with Crippen molar-refractivity contribution in [2.75, 3.05) is 29.6 Å². The molecule has 0 radical (unpaired) electrons. The molecule has 0 spiro atoms. The maximum atomic E-state index is 12.0. The molecular formula is C12H22O4S2Si. The second-order valence-corrected chi connectivity index (χ2v) is 11.3. The topological polar surface area (TPSA) is 64.6 Å². The van der Waals surface area contributed by atoms with Crippen molar-refractivity contribution in [2.24, 2.45) is 0 Å². The van der Waals surface area contributed by atoms with E-state index in [2.05, 4.69) is 13.2 Å². The number of rotatable bonds is 8. The molecule has 0 aromatic heterocycles. The van der Waals surface area contributed by atoms with Gasteiger partial charge in [-0.05, 0) is 47.6 Å². The zero-order chi connectivity index (χ0) is 14.5. The lowest BCUT2D eigenvalue weighted by atomic mass is 10.1. The third kappa shape index (κ3) is 5.62. The molecule has 1 aliphatic heterocycles. The highest BCUT2D eigenvalue weighted by atomic mass is 32.2. The monoisotopic (exact) mass is 322 g/mol. The lowest BCUT2D eigenvalue weighted by Crippen LogP contribution is -2.48. The molecule has 4 nitrogen and oxygen atoms in total. The Balaban J connectivity index is 2.73.